The van der Waals surface area contributed by atoms with Crippen LogP contribution in [0.3, 0.4) is 0 Å². The predicted octanol–water partition coefficient (Wildman–Crippen LogP) is 2.66. The Morgan fingerprint density at radius 1 is 1.22 bits per heavy atom. The molecule has 3 nitrogen and oxygen atoms in total. The zero-order chi connectivity index (χ0) is 12.8. The van der Waals surface area contributed by atoms with Gasteiger partial charge in [0.2, 0.25) is 0 Å². The molecule has 18 heavy (non-hydrogen) atoms. The maximum atomic E-state index is 6.09. The third kappa shape index (κ3) is 3.87. The largest absolute Gasteiger partial charge is 0.492 e. The Morgan fingerprint density at radius 2 is 2.00 bits per heavy atom. The molecular formula is C14H21ClN2O. The molecule has 0 bridgehead atoms. The number of nitrogens with zero attached hydrogens (tertiary/aromatic N) is 1. The summed E-state index contributed by atoms with van der Waals surface area (Å²) in [5.74, 6) is 0.828. The van der Waals surface area contributed by atoms with Crippen molar-refractivity contribution in [1.82, 2.24) is 4.90 Å². The summed E-state index contributed by atoms with van der Waals surface area (Å²) in [5.41, 5.74) is 6.52. The number of benzene rings is 1. The SMILES string of the molecule is NCc1ccc(OCCN2CCCCC2)cc1Cl. The molecular weight excluding hydrogens is 248 g/mol. The lowest BCUT2D eigenvalue weighted by Gasteiger charge is -2.26. The number of ether oxygens (including phenoxy) is 1. The molecule has 0 aliphatic carbocycles. The van der Waals surface area contributed by atoms with Gasteiger partial charge in [-0.1, -0.05) is 24.1 Å². The van der Waals surface area contributed by atoms with Crippen molar-refractivity contribution in [3.8, 4) is 5.75 Å². The fourth-order valence-corrected chi connectivity index (χ4v) is 2.51. The molecule has 0 amide bonds. The van der Waals surface area contributed by atoms with Gasteiger partial charge >= 0.3 is 0 Å². The van der Waals surface area contributed by atoms with Crippen molar-refractivity contribution < 1.29 is 4.74 Å². The molecule has 1 aliphatic rings. The van der Waals surface area contributed by atoms with E-state index < -0.39 is 0 Å². The van der Waals surface area contributed by atoms with E-state index in [1.165, 1.54) is 32.4 Å². The van der Waals surface area contributed by atoms with Crippen LogP contribution in [0.4, 0.5) is 0 Å². The Balaban J connectivity index is 1.77. The van der Waals surface area contributed by atoms with E-state index in [4.69, 9.17) is 22.1 Å². The van der Waals surface area contributed by atoms with Crippen molar-refractivity contribution in [2.75, 3.05) is 26.2 Å². The minimum atomic E-state index is 0.465. The minimum absolute atomic E-state index is 0.465. The van der Waals surface area contributed by atoms with Gasteiger partial charge < -0.3 is 10.5 Å². The van der Waals surface area contributed by atoms with Crippen LogP contribution in [0.25, 0.3) is 0 Å². The second kappa shape index (κ2) is 6.98. The van der Waals surface area contributed by atoms with Crippen molar-refractivity contribution in [1.29, 1.82) is 0 Å². The fraction of sp³-hybridized carbons (Fsp3) is 0.571. The van der Waals surface area contributed by atoms with E-state index in [-0.39, 0.29) is 0 Å². The zero-order valence-electron chi connectivity index (χ0n) is 10.7. The molecule has 1 fully saturated rings. The van der Waals surface area contributed by atoms with E-state index in [9.17, 15) is 0 Å². The number of rotatable bonds is 5. The predicted molar refractivity (Wildman–Crippen MR) is 75.1 cm³/mol. The summed E-state index contributed by atoms with van der Waals surface area (Å²) in [7, 11) is 0. The Morgan fingerprint density at radius 3 is 2.67 bits per heavy atom. The monoisotopic (exact) mass is 268 g/mol. The van der Waals surface area contributed by atoms with Gasteiger partial charge in [0.1, 0.15) is 12.4 Å². The smallest absolute Gasteiger partial charge is 0.120 e. The van der Waals surface area contributed by atoms with Gasteiger partial charge in [-0.25, -0.2) is 0 Å². The fourth-order valence-electron chi connectivity index (χ4n) is 2.26. The van der Waals surface area contributed by atoms with Crippen LogP contribution in [0.5, 0.6) is 5.75 Å². The van der Waals surface area contributed by atoms with Crippen LogP contribution in [0, 0.1) is 0 Å². The third-order valence-corrected chi connectivity index (χ3v) is 3.72. The Bertz CT molecular complexity index is 378. The molecule has 0 spiro atoms. The molecule has 1 aromatic carbocycles. The first-order valence-corrected chi connectivity index (χ1v) is 7.01. The van der Waals surface area contributed by atoms with Crippen LogP contribution in [-0.2, 0) is 6.54 Å². The second-order valence-corrected chi connectivity index (χ2v) is 5.12. The van der Waals surface area contributed by atoms with E-state index >= 15 is 0 Å². The topological polar surface area (TPSA) is 38.5 Å². The first-order valence-electron chi connectivity index (χ1n) is 6.63. The van der Waals surface area contributed by atoms with Crippen molar-refractivity contribution in [2.45, 2.75) is 25.8 Å². The standard InChI is InChI=1S/C14H21ClN2O/c15-14-10-13(5-4-12(14)11-16)18-9-8-17-6-2-1-3-7-17/h4-5,10H,1-3,6-9,11,16H2. The van der Waals surface area contributed by atoms with E-state index in [0.29, 0.717) is 11.6 Å². The lowest BCUT2D eigenvalue weighted by molar-refractivity contribution is 0.183. The second-order valence-electron chi connectivity index (χ2n) is 4.71. The van der Waals surface area contributed by atoms with Crippen molar-refractivity contribution >= 4 is 11.6 Å². The van der Waals surface area contributed by atoms with Gasteiger partial charge in [-0.3, -0.25) is 4.90 Å². The molecule has 100 valence electrons. The van der Waals surface area contributed by atoms with Crippen molar-refractivity contribution in [3.63, 3.8) is 0 Å². The van der Waals surface area contributed by atoms with Crippen LogP contribution in [-0.4, -0.2) is 31.1 Å². The molecule has 0 atom stereocenters. The molecule has 1 saturated heterocycles. The number of likely N-dealkylation sites (tertiary alicyclic amines) is 1. The van der Waals surface area contributed by atoms with Gasteiger partial charge in [-0.15, -0.1) is 0 Å². The molecule has 1 aromatic rings. The highest BCUT2D eigenvalue weighted by molar-refractivity contribution is 6.31. The molecule has 2 rings (SSSR count). The van der Waals surface area contributed by atoms with Gasteiger partial charge in [0.05, 0.1) is 0 Å². The van der Waals surface area contributed by atoms with E-state index in [2.05, 4.69) is 4.90 Å². The normalized spacial score (nSPS) is 16.8. The van der Waals surface area contributed by atoms with E-state index in [0.717, 1.165) is 24.5 Å². The molecule has 0 radical (unpaired) electrons. The maximum absolute atomic E-state index is 6.09. The summed E-state index contributed by atoms with van der Waals surface area (Å²) < 4.78 is 5.72. The van der Waals surface area contributed by atoms with Gasteiger partial charge in [-0.2, -0.15) is 0 Å². The van der Waals surface area contributed by atoms with Crippen LogP contribution >= 0.6 is 11.6 Å². The molecule has 0 saturated carbocycles. The Kier molecular flexibility index (Phi) is 5.29. The van der Waals surface area contributed by atoms with Crippen LogP contribution in [0.1, 0.15) is 24.8 Å². The third-order valence-electron chi connectivity index (χ3n) is 3.37. The first-order chi connectivity index (χ1) is 8.79. The molecule has 0 aromatic heterocycles. The van der Waals surface area contributed by atoms with Gasteiger partial charge in [0.15, 0.2) is 0 Å². The Labute approximate surface area is 114 Å². The summed E-state index contributed by atoms with van der Waals surface area (Å²) in [6, 6.07) is 5.71. The van der Waals surface area contributed by atoms with Crippen molar-refractivity contribution in [2.24, 2.45) is 5.73 Å². The highest BCUT2D eigenvalue weighted by Crippen LogP contribution is 2.22. The molecule has 0 unspecified atom stereocenters. The molecule has 4 heteroatoms. The zero-order valence-corrected chi connectivity index (χ0v) is 11.5. The highest BCUT2D eigenvalue weighted by atomic mass is 35.5. The summed E-state index contributed by atoms with van der Waals surface area (Å²) in [6.45, 7) is 4.59. The van der Waals surface area contributed by atoms with Gasteiger partial charge in [-0.05, 0) is 43.6 Å². The molecule has 1 heterocycles. The number of hydrogen-bond acceptors (Lipinski definition) is 3. The van der Waals surface area contributed by atoms with Crippen LogP contribution in [0.15, 0.2) is 18.2 Å². The molecule has 2 N–H and O–H groups in total. The van der Waals surface area contributed by atoms with Crippen LogP contribution < -0.4 is 10.5 Å². The van der Waals surface area contributed by atoms with E-state index in [1.807, 2.05) is 18.2 Å². The number of piperidine rings is 1. The Hall–Kier alpha value is -0.770. The van der Waals surface area contributed by atoms with Crippen molar-refractivity contribution in [3.05, 3.63) is 28.8 Å². The quantitative estimate of drug-likeness (QED) is 0.892. The van der Waals surface area contributed by atoms with Gasteiger partial charge in [0.25, 0.3) is 0 Å². The lowest BCUT2D eigenvalue weighted by Crippen LogP contribution is -2.33. The average Bonchev–Trinajstić information content (AvgIpc) is 2.40. The summed E-state index contributed by atoms with van der Waals surface area (Å²) in [5, 5.41) is 0.688. The lowest BCUT2D eigenvalue weighted by atomic mass is 10.1. The summed E-state index contributed by atoms with van der Waals surface area (Å²) in [6.07, 6.45) is 4.00. The highest BCUT2D eigenvalue weighted by Gasteiger charge is 2.09. The number of halogens is 1. The first kappa shape index (κ1) is 13.7. The van der Waals surface area contributed by atoms with Gasteiger partial charge in [0, 0.05) is 18.1 Å². The summed E-state index contributed by atoms with van der Waals surface area (Å²) in [4.78, 5) is 2.46. The molecule has 1 aliphatic heterocycles. The average molecular weight is 269 g/mol. The van der Waals surface area contributed by atoms with E-state index in [1.54, 1.807) is 0 Å². The summed E-state index contributed by atoms with van der Waals surface area (Å²) >= 11 is 6.09. The number of hydrogen-bond donors (Lipinski definition) is 1. The maximum Gasteiger partial charge on any atom is 0.120 e. The number of nitrogens with two attached hydrogens (primary N) is 1. The minimum Gasteiger partial charge on any atom is -0.492 e. The van der Waals surface area contributed by atoms with Crippen LogP contribution in [0.2, 0.25) is 5.02 Å².